The normalized spacial score (nSPS) is 14.2. The molecule has 43 heavy (non-hydrogen) atoms. The molecule has 2 rings (SSSR count). The molecule has 0 aliphatic carbocycles. The van der Waals surface area contributed by atoms with Gasteiger partial charge in [0.15, 0.2) is 0 Å². The van der Waals surface area contributed by atoms with Gasteiger partial charge >= 0.3 is 5.97 Å². The first-order valence-electron chi connectivity index (χ1n) is 18.1. The molecule has 1 aromatic rings. The second-order valence-electron chi connectivity index (χ2n) is 12.7. The van der Waals surface area contributed by atoms with E-state index in [2.05, 4.69) is 30.7 Å². The minimum atomic E-state index is -0.128. The maximum absolute atomic E-state index is 12.5. The summed E-state index contributed by atoms with van der Waals surface area (Å²) in [5, 5.41) is 0. The van der Waals surface area contributed by atoms with Gasteiger partial charge in [0, 0.05) is 38.7 Å². The van der Waals surface area contributed by atoms with Crippen molar-refractivity contribution in [2.75, 3.05) is 53.0 Å². The van der Waals surface area contributed by atoms with E-state index in [4.69, 9.17) is 14.2 Å². The van der Waals surface area contributed by atoms with Crippen LogP contribution in [-0.4, -0.2) is 68.8 Å². The Balaban J connectivity index is 1.74. The van der Waals surface area contributed by atoms with Gasteiger partial charge in [0.1, 0.15) is 18.1 Å². The summed E-state index contributed by atoms with van der Waals surface area (Å²) in [6.07, 6.45) is 23.2. The van der Waals surface area contributed by atoms with Crippen molar-refractivity contribution < 1.29 is 19.0 Å². The Bertz CT molecular complexity index is 810. The Hall–Kier alpha value is -1.79. The SMILES string of the molecule is CCCCCCCCCCCOc1cc(COC(=O)CCCN2CCN(C)CC2)cc(OCCCCCCCCCC)c1. The molecule has 0 N–H and O–H groups in total. The van der Waals surface area contributed by atoms with Crippen molar-refractivity contribution in [3.8, 4) is 11.5 Å². The molecule has 0 spiro atoms. The molecule has 0 bridgehead atoms. The number of hydrogen-bond donors (Lipinski definition) is 0. The fourth-order valence-electron chi connectivity index (χ4n) is 5.66. The lowest BCUT2D eigenvalue weighted by molar-refractivity contribution is -0.145. The summed E-state index contributed by atoms with van der Waals surface area (Å²) >= 11 is 0. The van der Waals surface area contributed by atoms with Gasteiger partial charge in [-0.2, -0.15) is 0 Å². The molecule has 6 nitrogen and oxygen atoms in total. The number of nitrogens with zero attached hydrogens (tertiary/aromatic N) is 2. The van der Waals surface area contributed by atoms with Crippen molar-refractivity contribution in [1.82, 2.24) is 9.80 Å². The molecular weight excluding hydrogens is 536 g/mol. The van der Waals surface area contributed by atoms with Crippen LogP contribution in [0.4, 0.5) is 0 Å². The van der Waals surface area contributed by atoms with Gasteiger partial charge in [-0.25, -0.2) is 0 Å². The number of unbranched alkanes of at least 4 members (excludes halogenated alkanes) is 15. The van der Waals surface area contributed by atoms with Crippen LogP contribution >= 0.6 is 0 Å². The number of piperazine rings is 1. The molecule has 1 aromatic carbocycles. The highest BCUT2D eigenvalue weighted by Gasteiger charge is 2.14. The van der Waals surface area contributed by atoms with E-state index in [9.17, 15) is 4.79 Å². The number of likely N-dealkylation sites (N-methyl/N-ethyl adjacent to an activating group) is 1. The molecule has 0 atom stereocenters. The molecule has 0 unspecified atom stereocenters. The summed E-state index contributed by atoms with van der Waals surface area (Å²) in [7, 11) is 2.17. The third-order valence-electron chi connectivity index (χ3n) is 8.57. The molecule has 248 valence electrons. The summed E-state index contributed by atoms with van der Waals surface area (Å²) < 4.78 is 18.0. The minimum Gasteiger partial charge on any atom is -0.493 e. The third kappa shape index (κ3) is 20.0. The van der Waals surface area contributed by atoms with Crippen LogP contribution in [0.25, 0.3) is 0 Å². The molecule has 1 heterocycles. The van der Waals surface area contributed by atoms with Crippen molar-refractivity contribution >= 4 is 5.97 Å². The van der Waals surface area contributed by atoms with E-state index in [-0.39, 0.29) is 12.6 Å². The molecule has 0 amide bonds. The summed E-state index contributed by atoms with van der Waals surface area (Å²) in [5.41, 5.74) is 0.933. The average Bonchev–Trinajstić information content (AvgIpc) is 3.01. The molecule has 0 radical (unpaired) electrons. The molecule has 1 fully saturated rings. The fourth-order valence-corrected chi connectivity index (χ4v) is 5.66. The standard InChI is InChI=1S/C37H66N2O4/c1-4-6-8-10-12-14-16-18-20-29-42-36-31-34(30-35(32-36)41-28-19-17-15-13-11-9-7-5-2)33-43-37(40)22-21-23-39-26-24-38(3)25-27-39/h30-32H,4-29,33H2,1-3H3. The van der Waals surface area contributed by atoms with Crippen LogP contribution in [0, 0.1) is 0 Å². The van der Waals surface area contributed by atoms with E-state index >= 15 is 0 Å². The molecule has 0 saturated carbocycles. The van der Waals surface area contributed by atoms with Crippen LogP contribution in [-0.2, 0) is 16.1 Å². The molecule has 0 aromatic heterocycles. The van der Waals surface area contributed by atoms with Crippen molar-refractivity contribution in [2.45, 2.75) is 142 Å². The molecule has 1 aliphatic heterocycles. The maximum Gasteiger partial charge on any atom is 0.306 e. The van der Waals surface area contributed by atoms with Gasteiger partial charge in [0.05, 0.1) is 13.2 Å². The van der Waals surface area contributed by atoms with Crippen LogP contribution in [0.2, 0.25) is 0 Å². The monoisotopic (exact) mass is 603 g/mol. The Morgan fingerprint density at radius 2 is 1.09 bits per heavy atom. The average molecular weight is 603 g/mol. The van der Waals surface area contributed by atoms with Crippen molar-refractivity contribution in [3.63, 3.8) is 0 Å². The van der Waals surface area contributed by atoms with Gasteiger partial charge in [0.25, 0.3) is 0 Å². The number of benzene rings is 1. The molecule has 1 aliphatic rings. The minimum absolute atomic E-state index is 0.128. The first-order valence-corrected chi connectivity index (χ1v) is 18.1. The van der Waals surface area contributed by atoms with Crippen molar-refractivity contribution in [2.24, 2.45) is 0 Å². The van der Waals surface area contributed by atoms with Crippen LogP contribution in [0.5, 0.6) is 11.5 Å². The van der Waals surface area contributed by atoms with Crippen molar-refractivity contribution in [1.29, 1.82) is 0 Å². The van der Waals surface area contributed by atoms with Gasteiger partial charge in [0.2, 0.25) is 0 Å². The highest BCUT2D eigenvalue weighted by Crippen LogP contribution is 2.25. The number of hydrogen-bond acceptors (Lipinski definition) is 6. The number of rotatable bonds is 27. The van der Waals surface area contributed by atoms with E-state index in [0.29, 0.717) is 19.6 Å². The van der Waals surface area contributed by atoms with Crippen molar-refractivity contribution in [3.05, 3.63) is 23.8 Å². The lowest BCUT2D eigenvalue weighted by atomic mass is 10.1. The Morgan fingerprint density at radius 1 is 0.628 bits per heavy atom. The number of esters is 1. The molecule has 6 heteroatoms. The predicted octanol–water partition coefficient (Wildman–Crippen LogP) is 9.19. The zero-order valence-corrected chi connectivity index (χ0v) is 28.4. The first kappa shape index (κ1) is 37.4. The summed E-state index contributed by atoms with van der Waals surface area (Å²) in [6.45, 7) is 11.5. The topological polar surface area (TPSA) is 51.2 Å². The number of carbonyl (C=O) groups excluding carboxylic acids is 1. The predicted molar refractivity (Wildman–Crippen MR) is 180 cm³/mol. The van der Waals surface area contributed by atoms with Gasteiger partial charge in [-0.1, -0.05) is 110 Å². The largest absolute Gasteiger partial charge is 0.493 e. The van der Waals surface area contributed by atoms with Gasteiger partial charge in [-0.15, -0.1) is 0 Å². The van der Waals surface area contributed by atoms with E-state index in [1.807, 2.05) is 18.2 Å². The highest BCUT2D eigenvalue weighted by atomic mass is 16.5. The van der Waals surface area contributed by atoms with E-state index in [1.165, 1.54) is 96.3 Å². The maximum atomic E-state index is 12.5. The first-order chi connectivity index (χ1) is 21.1. The Kier molecular flexibility index (Phi) is 22.2. The van der Waals surface area contributed by atoms with E-state index < -0.39 is 0 Å². The summed E-state index contributed by atoms with van der Waals surface area (Å²) in [4.78, 5) is 17.3. The quantitative estimate of drug-likeness (QED) is 0.0739. The van der Waals surface area contributed by atoms with E-state index in [1.54, 1.807) is 0 Å². The third-order valence-corrected chi connectivity index (χ3v) is 8.57. The van der Waals surface area contributed by atoms with Gasteiger partial charge < -0.3 is 24.0 Å². The van der Waals surface area contributed by atoms with Crippen LogP contribution < -0.4 is 9.47 Å². The zero-order chi connectivity index (χ0) is 30.8. The molecular formula is C37H66N2O4. The fraction of sp³-hybridized carbons (Fsp3) is 0.811. The summed E-state index contributed by atoms with van der Waals surface area (Å²) in [6, 6.07) is 6.02. The second kappa shape index (κ2) is 25.5. The Morgan fingerprint density at radius 3 is 1.58 bits per heavy atom. The lowest BCUT2D eigenvalue weighted by Gasteiger charge is -2.32. The zero-order valence-electron chi connectivity index (χ0n) is 28.4. The highest BCUT2D eigenvalue weighted by molar-refractivity contribution is 5.69. The van der Waals surface area contributed by atoms with Gasteiger partial charge in [-0.05, 0) is 50.6 Å². The summed E-state index contributed by atoms with van der Waals surface area (Å²) in [5.74, 6) is 1.50. The molecule has 1 saturated heterocycles. The van der Waals surface area contributed by atoms with Crippen LogP contribution in [0.1, 0.15) is 141 Å². The second-order valence-corrected chi connectivity index (χ2v) is 12.7. The number of ether oxygens (including phenoxy) is 3. The van der Waals surface area contributed by atoms with E-state index in [0.717, 1.165) is 69.0 Å². The lowest BCUT2D eigenvalue weighted by Crippen LogP contribution is -2.44. The van der Waals surface area contributed by atoms with Gasteiger partial charge in [-0.3, -0.25) is 4.79 Å². The van der Waals surface area contributed by atoms with Crippen LogP contribution in [0.3, 0.4) is 0 Å². The number of carbonyl (C=O) groups is 1. The Labute approximate surface area is 265 Å². The smallest absolute Gasteiger partial charge is 0.306 e. The van der Waals surface area contributed by atoms with Crippen LogP contribution in [0.15, 0.2) is 18.2 Å².